The molecule has 4 nitrogen and oxygen atoms in total. The maximum Gasteiger partial charge on any atom is 0.0848 e. The van der Waals surface area contributed by atoms with Gasteiger partial charge in [0.2, 0.25) is 0 Å². The van der Waals surface area contributed by atoms with Gasteiger partial charge in [0.05, 0.1) is 12.1 Å². The van der Waals surface area contributed by atoms with Crippen molar-refractivity contribution in [3.63, 3.8) is 0 Å². The standard InChI is InChI=1S/C17H19N3O/c1-17(2,16(21)14-11-7-4-8-12-14)15(19-20-18)13-9-5-3-6-10-13/h3-12,15-16,21H,1-2H3/t15-,16+/m0/s1. The van der Waals surface area contributed by atoms with Crippen LogP contribution in [0.1, 0.15) is 37.1 Å². The Morgan fingerprint density at radius 1 is 0.952 bits per heavy atom. The Hall–Kier alpha value is -2.29. The second-order valence-electron chi connectivity index (χ2n) is 5.65. The Bertz CT molecular complexity index is 619. The molecule has 21 heavy (non-hydrogen) atoms. The first-order valence-corrected chi connectivity index (χ1v) is 6.89. The van der Waals surface area contributed by atoms with Gasteiger partial charge in [-0.1, -0.05) is 79.6 Å². The number of aliphatic hydroxyl groups is 1. The Morgan fingerprint density at radius 3 is 1.90 bits per heavy atom. The van der Waals surface area contributed by atoms with Crippen molar-refractivity contribution in [3.8, 4) is 0 Å². The fourth-order valence-electron chi connectivity index (χ4n) is 2.55. The van der Waals surface area contributed by atoms with Crippen LogP contribution < -0.4 is 0 Å². The molecule has 0 saturated carbocycles. The maximum atomic E-state index is 10.7. The van der Waals surface area contributed by atoms with Crippen molar-refractivity contribution in [3.05, 3.63) is 82.2 Å². The summed E-state index contributed by atoms with van der Waals surface area (Å²) < 4.78 is 0. The van der Waals surface area contributed by atoms with Gasteiger partial charge in [0.15, 0.2) is 0 Å². The van der Waals surface area contributed by atoms with Crippen LogP contribution in [0.5, 0.6) is 0 Å². The van der Waals surface area contributed by atoms with E-state index < -0.39 is 17.6 Å². The van der Waals surface area contributed by atoms with E-state index in [2.05, 4.69) is 10.0 Å². The lowest BCUT2D eigenvalue weighted by molar-refractivity contribution is 0.0298. The van der Waals surface area contributed by atoms with Crippen LogP contribution >= 0.6 is 0 Å². The first-order chi connectivity index (χ1) is 10.1. The van der Waals surface area contributed by atoms with Crippen molar-refractivity contribution in [1.82, 2.24) is 0 Å². The highest BCUT2D eigenvalue weighted by Gasteiger charge is 2.37. The van der Waals surface area contributed by atoms with Crippen molar-refractivity contribution < 1.29 is 5.11 Å². The van der Waals surface area contributed by atoms with Crippen LogP contribution in [0.2, 0.25) is 0 Å². The van der Waals surface area contributed by atoms with Crippen LogP contribution in [0, 0.1) is 5.41 Å². The smallest absolute Gasteiger partial charge is 0.0848 e. The van der Waals surface area contributed by atoms with Gasteiger partial charge >= 0.3 is 0 Å². The van der Waals surface area contributed by atoms with Gasteiger partial charge in [-0.05, 0) is 16.7 Å². The van der Waals surface area contributed by atoms with Crippen molar-refractivity contribution in [2.45, 2.75) is 26.0 Å². The molecule has 0 heterocycles. The molecule has 0 bridgehead atoms. The highest BCUT2D eigenvalue weighted by molar-refractivity contribution is 5.25. The molecule has 0 unspecified atom stereocenters. The van der Waals surface area contributed by atoms with Crippen LogP contribution in [0.4, 0.5) is 0 Å². The molecule has 0 radical (unpaired) electrons. The lowest BCUT2D eigenvalue weighted by Gasteiger charge is -2.36. The van der Waals surface area contributed by atoms with Crippen molar-refractivity contribution >= 4 is 0 Å². The summed E-state index contributed by atoms with van der Waals surface area (Å²) in [7, 11) is 0. The molecule has 0 aliphatic carbocycles. The fraction of sp³-hybridized carbons (Fsp3) is 0.294. The van der Waals surface area contributed by atoms with Crippen LogP contribution in [0.15, 0.2) is 65.8 Å². The highest BCUT2D eigenvalue weighted by Crippen LogP contribution is 2.46. The van der Waals surface area contributed by atoms with Gasteiger partial charge in [-0.2, -0.15) is 0 Å². The average molecular weight is 281 g/mol. The number of benzene rings is 2. The van der Waals surface area contributed by atoms with E-state index in [-0.39, 0.29) is 0 Å². The topological polar surface area (TPSA) is 69.0 Å². The van der Waals surface area contributed by atoms with Gasteiger partial charge in [0.25, 0.3) is 0 Å². The van der Waals surface area contributed by atoms with Gasteiger partial charge in [0.1, 0.15) is 0 Å². The predicted octanol–water partition coefficient (Wildman–Crippen LogP) is 4.80. The molecule has 1 N–H and O–H groups in total. The summed E-state index contributed by atoms with van der Waals surface area (Å²) in [6.45, 7) is 3.83. The lowest BCUT2D eigenvalue weighted by atomic mass is 9.74. The summed E-state index contributed by atoms with van der Waals surface area (Å²) in [6, 6.07) is 18.5. The molecule has 0 aliphatic rings. The normalized spacial score (nSPS) is 14.0. The van der Waals surface area contributed by atoms with Crippen molar-refractivity contribution in [2.24, 2.45) is 10.5 Å². The van der Waals surface area contributed by atoms with Crippen LogP contribution in [0.3, 0.4) is 0 Å². The first-order valence-electron chi connectivity index (χ1n) is 6.89. The summed E-state index contributed by atoms with van der Waals surface area (Å²) in [4.78, 5) is 2.97. The van der Waals surface area contributed by atoms with Crippen LogP contribution in [-0.4, -0.2) is 5.11 Å². The number of rotatable bonds is 5. The minimum absolute atomic E-state index is 0.445. The second kappa shape index (κ2) is 6.44. The minimum atomic E-state index is -0.727. The second-order valence-corrected chi connectivity index (χ2v) is 5.65. The molecule has 0 spiro atoms. The molecule has 0 fully saturated rings. The number of aliphatic hydroxyl groups excluding tert-OH is 1. The number of nitrogens with zero attached hydrogens (tertiary/aromatic N) is 3. The third kappa shape index (κ3) is 3.24. The van der Waals surface area contributed by atoms with Crippen LogP contribution in [-0.2, 0) is 0 Å². The maximum absolute atomic E-state index is 10.7. The molecular weight excluding hydrogens is 262 g/mol. The molecule has 2 aromatic carbocycles. The SMILES string of the molecule is CC(C)([C@H](O)c1ccccc1)[C@@H](N=[N+]=[N-])c1ccccc1. The molecule has 0 aliphatic heterocycles. The Labute approximate surface area is 124 Å². The first kappa shape index (κ1) is 15.1. The number of azide groups is 1. The van der Waals surface area contributed by atoms with Crippen molar-refractivity contribution in [2.75, 3.05) is 0 Å². The summed E-state index contributed by atoms with van der Waals surface area (Å²) in [6.07, 6.45) is -0.727. The zero-order valence-corrected chi connectivity index (χ0v) is 12.2. The largest absolute Gasteiger partial charge is 0.388 e. The molecule has 2 atom stereocenters. The summed E-state index contributed by atoms with van der Waals surface area (Å²) in [5.74, 6) is 0. The van der Waals surface area contributed by atoms with Gasteiger partial charge in [-0.15, -0.1) is 0 Å². The van der Waals surface area contributed by atoms with Crippen LogP contribution in [0.25, 0.3) is 10.4 Å². The molecule has 2 rings (SSSR count). The van der Waals surface area contributed by atoms with E-state index >= 15 is 0 Å². The summed E-state index contributed by atoms with van der Waals surface area (Å²) in [5.41, 5.74) is 9.98. The molecule has 4 heteroatoms. The van der Waals surface area contributed by atoms with E-state index in [4.69, 9.17) is 5.53 Å². The molecule has 0 saturated heterocycles. The molecule has 0 aromatic heterocycles. The number of hydrogen-bond acceptors (Lipinski definition) is 2. The molecular formula is C17H19N3O. The Balaban J connectivity index is 2.41. The van der Waals surface area contributed by atoms with Gasteiger partial charge in [-0.3, -0.25) is 0 Å². The van der Waals surface area contributed by atoms with E-state index in [0.717, 1.165) is 11.1 Å². The minimum Gasteiger partial charge on any atom is -0.388 e. The molecule has 0 amide bonds. The van der Waals surface area contributed by atoms with E-state index in [1.165, 1.54) is 0 Å². The lowest BCUT2D eigenvalue weighted by Crippen LogP contribution is -2.28. The summed E-state index contributed by atoms with van der Waals surface area (Å²) in [5, 5.41) is 14.7. The molecule has 108 valence electrons. The third-order valence-electron chi connectivity index (χ3n) is 3.81. The van der Waals surface area contributed by atoms with Gasteiger partial charge in [0, 0.05) is 10.3 Å². The third-order valence-corrected chi connectivity index (χ3v) is 3.81. The van der Waals surface area contributed by atoms with E-state index in [1.54, 1.807) is 0 Å². The summed E-state index contributed by atoms with van der Waals surface area (Å²) >= 11 is 0. The predicted molar refractivity (Wildman–Crippen MR) is 83.5 cm³/mol. The fourth-order valence-corrected chi connectivity index (χ4v) is 2.55. The van der Waals surface area contributed by atoms with E-state index in [0.29, 0.717) is 0 Å². The van der Waals surface area contributed by atoms with E-state index in [9.17, 15) is 5.11 Å². The zero-order valence-electron chi connectivity index (χ0n) is 12.2. The zero-order chi connectivity index (χ0) is 15.3. The van der Waals surface area contributed by atoms with Gasteiger partial charge < -0.3 is 5.11 Å². The Kier molecular flexibility index (Phi) is 4.63. The Morgan fingerprint density at radius 2 is 1.43 bits per heavy atom. The van der Waals surface area contributed by atoms with Crippen molar-refractivity contribution in [1.29, 1.82) is 0 Å². The quantitative estimate of drug-likeness (QED) is 0.477. The average Bonchev–Trinajstić information content (AvgIpc) is 2.53. The van der Waals surface area contributed by atoms with E-state index in [1.807, 2.05) is 74.5 Å². The number of hydrogen-bond donors (Lipinski definition) is 1. The molecule has 2 aromatic rings. The highest BCUT2D eigenvalue weighted by atomic mass is 16.3. The monoisotopic (exact) mass is 281 g/mol. The van der Waals surface area contributed by atoms with Gasteiger partial charge in [-0.25, -0.2) is 0 Å².